The van der Waals surface area contributed by atoms with E-state index in [9.17, 15) is 0 Å². The molecule has 1 nitrogen and oxygen atoms in total. The molecule has 1 N–H and O–H groups in total. The van der Waals surface area contributed by atoms with E-state index in [0.717, 1.165) is 12.5 Å². The van der Waals surface area contributed by atoms with Crippen molar-refractivity contribution in [2.45, 2.75) is 33.1 Å². The molecule has 17 heavy (non-hydrogen) atoms. The summed E-state index contributed by atoms with van der Waals surface area (Å²) in [4.78, 5) is 0. The van der Waals surface area contributed by atoms with Gasteiger partial charge < -0.3 is 5.32 Å². The number of hydrogen-bond donors (Lipinski definition) is 1. The van der Waals surface area contributed by atoms with E-state index >= 15 is 0 Å². The van der Waals surface area contributed by atoms with Gasteiger partial charge in [-0.3, -0.25) is 0 Å². The van der Waals surface area contributed by atoms with Crippen LogP contribution in [-0.2, 0) is 6.42 Å². The van der Waals surface area contributed by atoms with Gasteiger partial charge >= 0.3 is 0 Å². The molecule has 0 spiro atoms. The molecule has 0 amide bonds. The third-order valence-corrected chi connectivity index (χ3v) is 4.31. The lowest BCUT2D eigenvalue weighted by atomic mass is 9.96. The zero-order chi connectivity index (χ0) is 12.3. The van der Waals surface area contributed by atoms with Crippen LogP contribution < -0.4 is 5.32 Å². The maximum Gasteiger partial charge on any atom is 0.0207 e. The van der Waals surface area contributed by atoms with Crippen LogP contribution in [0.15, 0.2) is 28.7 Å². The summed E-state index contributed by atoms with van der Waals surface area (Å²) >= 11 is 3.65. The van der Waals surface area contributed by atoms with E-state index in [1.807, 2.05) is 0 Å². The number of benzene rings is 1. The Bertz CT molecular complexity index is 369. The molecular formula is C15H22BrN. The molecule has 1 saturated carbocycles. The Balaban J connectivity index is 1.88. The first-order chi connectivity index (χ1) is 8.11. The second-order valence-corrected chi connectivity index (χ2v) is 6.65. The van der Waals surface area contributed by atoms with Gasteiger partial charge in [0.25, 0.3) is 0 Å². The van der Waals surface area contributed by atoms with Crippen molar-refractivity contribution in [3.8, 4) is 0 Å². The fourth-order valence-electron chi connectivity index (χ4n) is 2.26. The van der Waals surface area contributed by atoms with Crippen LogP contribution in [0, 0.1) is 11.3 Å². The molecule has 0 atom stereocenters. The zero-order valence-corrected chi connectivity index (χ0v) is 12.4. The molecule has 0 saturated heterocycles. The minimum Gasteiger partial charge on any atom is -0.316 e. The Hall–Kier alpha value is -0.340. The van der Waals surface area contributed by atoms with Crippen LogP contribution in [0.3, 0.4) is 0 Å². The fraction of sp³-hybridized carbons (Fsp3) is 0.600. The van der Waals surface area contributed by atoms with Crippen molar-refractivity contribution in [3.05, 3.63) is 34.3 Å². The fourth-order valence-corrected chi connectivity index (χ4v) is 2.69. The maximum absolute atomic E-state index is 3.65. The molecule has 2 heteroatoms. The van der Waals surface area contributed by atoms with Crippen molar-refractivity contribution in [1.82, 2.24) is 5.32 Å². The second kappa shape index (κ2) is 5.53. The number of rotatable bonds is 6. The number of hydrogen-bond acceptors (Lipinski definition) is 1. The lowest BCUT2D eigenvalue weighted by molar-refractivity contribution is 0.431. The van der Waals surface area contributed by atoms with Gasteiger partial charge in [-0.1, -0.05) is 48.0 Å². The summed E-state index contributed by atoms with van der Waals surface area (Å²) in [7, 11) is 0. The molecule has 0 aliphatic heterocycles. The number of halogens is 1. The van der Waals surface area contributed by atoms with Crippen LogP contribution in [0.1, 0.15) is 32.3 Å². The normalized spacial score (nSPS) is 17.4. The highest BCUT2D eigenvalue weighted by Gasteiger charge is 2.42. The standard InChI is InChI=1S/C15H22BrN/c1-12(2)10-17-11-15(7-8-15)9-13-5-3-4-6-14(13)16/h3-6,12,17H,7-11H2,1-2H3. The van der Waals surface area contributed by atoms with E-state index in [1.54, 1.807) is 0 Å². The van der Waals surface area contributed by atoms with E-state index in [0.29, 0.717) is 5.41 Å². The summed E-state index contributed by atoms with van der Waals surface area (Å²) in [6.45, 7) is 6.84. The van der Waals surface area contributed by atoms with Gasteiger partial charge in [0.2, 0.25) is 0 Å². The van der Waals surface area contributed by atoms with Gasteiger partial charge in [-0.2, -0.15) is 0 Å². The summed E-state index contributed by atoms with van der Waals surface area (Å²) < 4.78 is 1.26. The van der Waals surface area contributed by atoms with E-state index < -0.39 is 0 Å². The van der Waals surface area contributed by atoms with Gasteiger partial charge in [-0.05, 0) is 48.8 Å². The van der Waals surface area contributed by atoms with Crippen molar-refractivity contribution >= 4 is 15.9 Å². The van der Waals surface area contributed by atoms with E-state index in [-0.39, 0.29) is 0 Å². The predicted octanol–water partition coefficient (Wildman–Crippen LogP) is 4.02. The first-order valence-corrected chi connectivity index (χ1v) is 7.35. The molecule has 0 radical (unpaired) electrons. The van der Waals surface area contributed by atoms with E-state index in [1.165, 1.54) is 35.8 Å². The number of nitrogens with one attached hydrogen (secondary N) is 1. The van der Waals surface area contributed by atoms with Crippen LogP contribution in [-0.4, -0.2) is 13.1 Å². The van der Waals surface area contributed by atoms with Crippen LogP contribution in [0.25, 0.3) is 0 Å². The highest BCUT2D eigenvalue weighted by molar-refractivity contribution is 9.10. The largest absolute Gasteiger partial charge is 0.316 e. The Morgan fingerprint density at radius 3 is 2.59 bits per heavy atom. The highest BCUT2D eigenvalue weighted by Crippen LogP contribution is 2.48. The average Bonchev–Trinajstić information content (AvgIpc) is 3.01. The van der Waals surface area contributed by atoms with Crippen molar-refractivity contribution in [2.75, 3.05) is 13.1 Å². The molecule has 0 aromatic heterocycles. The van der Waals surface area contributed by atoms with Crippen molar-refractivity contribution in [2.24, 2.45) is 11.3 Å². The summed E-state index contributed by atoms with van der Waals surface area (Å²) in [6.07, 6.45) is 3.96. The molecule has 1 aliphatic carbocycles. The lowest BCUT2D eigenvalue weighted by Crippen LogP contribution is -2.28. The molecule has 1 aliphatic rings. The van der Waals surface area contributed by atoms with Gasteiger partial charge in [-0.15, -0.1) is 0 Å². The second-order valence-electron chi connectivity index (χ2n) is 5.79. The molecular weight excluding hydrogens is 274 g/mol. The smallest absolute Gasteiger partial charge is 0.0207 e. The topological polar surface area (TPSA) is 12.0 Å². The summed E-state index contributed by atoms with van der Waals surface area (Å²) in [5, 5.41) is 3.61. The minimum absolute atomic E-state index is 0.540. The Morgan fingerprint density at radius 2 is 2.00 bits per heavy atom. The van der Waals surface area contributed by atoms with Gasteiger partial charge in [-0.25, -0.2) is 0 Å². The predicted molar refractivity (Wildman–Crippen MR) is 77.2 cm³/mol. The molecule has 1 aromatic carbocycles. The van der Waals surface area contributed by atoms with Crippen LogP contribution in [0.2, 0.25) is 0 Å². The van der Waals surface area contributed by atoms with E-state index in [4.69, 9.17) is 0 Å². The molecule has 94 valence electrons. The summed E-state index contributed by atoms with van der Waals surface area (Å²) in [5.74, 6) is 0.745. The quantitative estimate of drug-likeness (QED) is 0.836. The lowest BCUT2D eigenvalue weighted by Gasteiger charge is -2.18. The summed E-state index contributed by atoms with van der Waals surface area (Å²) in [6, 6.07) is 8.61. The maximum atomic E-state index is 3.65. The van der Waals surface area contributed by atoms with Gasteiger partial charge in [0.1, 0.15) is 0 Å². The minimum atomic E-state index is 0.540. The average molecular weight is 296 g/mol. The van der Waals surface area contributed by atoms with Crippen molar-refractivity contribution < 1.29 is 0 Å². The molecule has 1 fully saturated rings. The van der Waals surface area contributed by atoms with Crippen molar-refractivity contribution in [3.63, 3.8) is 0 Å². The van der Waals surface area contributed by atoms with E-state index in [2.05, 4.69) is 59.4 Å². The zero-order valence-electron chi connectivity index (χ0n) is 10.8. The molecule has 1 aromatic rings. The van der Waals surface area contributed by atoms with Crippen molar-refractivity contribution in [1.29, 1.82) is 0 Å². The third kappa shape index (κ3) is 3.82. The molecule has 2 rings (SSSR count). The molecule has 0 heterocycles. The van der Waals surface area contributed by atoms with Gasteiger partial charge in [0.15, 0.2) is 0 Å². The van der Waals surface area contributed by atoms with Crippen LogP contribution in [0.5, 0.6) is 0 Å². The van der Waals surface area contributed by atoms with Crippen LogP contribution in [0.4, 0.5) is 0 Å². The molecule has 0 bridgehead atoms. The Labute approximate surface area is 113 Å². The third-order valence-electron chi connectivity index (χ3n) is 3.53. The van der Waals surface area contributed by atoms with Crippen LogP contribution >= 0.6 is 15.9 Å². The van der Waals surface area contributed by atoms with Gasteiger partial charge in [0, 0.05) is 11.0 Å². The Kier molecular flexibility index (Phi) is 4.26. The van der Waals surface area contributed by atoms with Gasteiger partial charge in [0.05, 0.1) is 0 Å². The Morgan fingerprint density at radius 1 is 1.29 bits per heavy atom. The SMILES string of the molecule is CC(C)CNCC1(Cc2ccccc2Br)CC1. The first-order valence-electron chi connectivity index (χ1n) is 6.55. The highest BCUT2D eigenvalue weighted by atomic mass is 79.9. The summed E-state index contributed by atoms with van der Waals surface area (Å²) in [5.41, 5.74) is 2.00. The first kappa shape index (κ1) is 13.1. The molecule has 0 unspecified atom stereocenters. The monoisotopic (exact) mass is 295 g/mol.